The second-order valence-corrected chi connectivity index (χ2v) is 15.1. The van der Waals surface area contributed by atoms with Crippen LogP contribution in [0.2, 0.25) is 0 Å². The van der Waals surface area contributed by atoms with Crippen molar-refractivity contribution in [2.24, 2.45) is 5.41 Å². The number of fused-ring (bicyclic) bond motifs is 1. The van der Waals surface area contributed by atoms with Crippen LogP contribution in [0.3, 0.4) is 0 Å². The Morgan fingerprint density at radius 1 is 1.09 bits per heavy atom. The fourth-order valence-corrected chi connectivity index (χ4v) is 7.86. The Hall–Kier alpha value is -3.47. The van der Waals surface area contributed by atoms with Crippen molar-refractivity contribution >= 4 is 32.2 Å². The third-order valence-corrected chi connectivity index (χ3v) is 11.0. The highest BCUT2D eigenvalue weighted by molar-refractivity contribution is 7.90. The summed E-state index contributed by atoms with van der Waals surface area (Å²) in [5, 5.41) is 6.64. The lowest BCUT2D eigenvalue weighted by Gasteiger charge is -2.44. The van der Waals surface area contributed by atoms with Crippen molar-refractivity contribution in [2.45, 2.75) is 74.6 Å². The zero-order valence-corrected chi connectivity index (χ0v) is 27.6. The first-order valence-electron chi connectivity index (χ1n) is 16.2. The maximum absolute atomic E-state index is 13.7. The van der Waals surface area contributed by atoms with Crippen LogP contribution in [0.4, 0.5) is 24.5 Å². The highest BCUT2D eigenvalue weighted by Crippen LogP contribution is 2.41. The summed E-state index contributed by atoms with van der Waals surface area (Å²) in [7, 11) is -2.00. The van der Waals surface area contributed by atoms with Crippen LogP contribution in [-0.2, 0) is 21.1 Å². The zero-order chi connectivity index (χ0) is 33.2. The minimum absolute atomic E-state index is 0.0204. The summed E-state index contributed by atoms with van der Waals surface area (Å²) in [6.45, 7) is 2.92. The van der Waals surface area contributed by atoms with E-state index in [1.165, 1.54) is 38.5 Å². The van der Waals surface area contributed by atoms with Crippen LogP contribution in [0, 0.1) is 17.3 Å². The van der Waals surface area contributed by atoms with Crippen molar-refractivity contribution in [1.29, 1.82) is 0 Å². The number of alkyl halides is 3. The van der Waals surface area contributed by atoms with Gasteiger partial charge in [0.1, 0.15) is 17.8 Å². The molecule has 13 heteroatoms. The fraction of sp³-hybridized carbons (Fsp3) is 0.559. The Bertz CT molecular complexity index is 1740. The predicted octanol–water partition coefficient (Wildman–Crippen LogP) is 5.70. The lowest BCUT2D eigenvalue weighted by molar-refractivity contribution is -0.140. The largest absolute Gasteiger partial charge is 0.495 e. The highest BCUT2D eigenvalue weighted by atomic mass is 32.2. The molecule has 9 nitrogen and oxygen atoms in total. The van der Waals surface area contributed by atoms with Crippen molar-refractivity contribution in [1.82, 2.24) is 14.5 Å². The normalized spacial score (nSPS) is 21.8. The van der Waals surface area contributed by atoms with Crippen LogP contribution in [0.5, 0.6) is 5.75 Å². The second kappa shape index (κ2) is 13.6. The molecule has 47 heavy (non-hydrogen) atoms. The maximum Gasteiger partial charge on any atom is 0.406 e. The number of halogens is 3. The lowest BCUT2D eigenvalue weighted by Crippen LogP contribution is -2.47. The number of aromatic nitrogens is 2. The second-order valence-electron chi connectivity index (χ2n) is 13.1. The van der Waals surface area contributed by atoms with Crippen LogP contribution in [0.15, 0.2) is 41.3 Å². The van der Waals surface area contributed by atoms with Gasteiger partial charge in [0.2, 0.25) is 0 Å². The number of piperidine rings is 1. The van der Waals surface area contributed by atoms with Gasteiger partial charge in [0, 0.05) is 31.0 Å². The molecule has 3 heterocycles. The Kier molecular flexibility index (Phi) is 9.65. The third kappa shape index (κ3) is 7.82. The Labute approximate surface area is 274 Å². The van der Waals surface area contributed by atoms with Gasteiger partial charge in [-0.3, -0.25) is 0 Å². The molecule has 3 fully saturated rings. The number of hydrogen-bond donors (Lipinski definition) is 2. The van der Waals surface area contributed by atoms with Crippen LogP contribution >= 0.6 is 0 Å². The molecule has 0 atom stereocenters. The van der Waals surface area contributed by atoms with Crippen LogP contribution in [0.25, 0.3) is 11.0 Å². The molecule has 3 aromatic rings. The van der Waals surface area contributed by atoms with Crippen molar-refractivity contribution in [3.63, 3.8) is 0 Å². The van der Waals surface area contributed by atoms with Gasteiger partial charge in [0.15, 0.2) is 15.7 Å². The van der Waals surface area contributed by atoms with Crippen molar-refractivity contribution in [3.8, 4) is 17.6 Å². The number of rotatable bonds is 8. The molecule has 6 rings (SSSR count). The summed E-state index contributed by atoms with van der Waals surface area (Å²) < 4.78 is 77.0. The Morgan fingerprint density at radius 3 is 2.51 bits per heavy atom. The fourth-order valence-electron chi connectivity index (χ4n) is 7.22. The van der Waals surface area contributed by atoms with E-state index >= 15 is 0 Å². The third-order valence-electron chi connectivity index (χ3n) is 9.90. The van der Waals surface area contributed by atoms with Gasteiger partial charge in [-0.15, -0.1) is 0 Å². The van der Waals surface area contributed by atoms with Crippen LogP contribution < -0.4 is 15.4 Å². The number of nitrogens with one attached hydrogen (secondary N) is 2. The molecule has 3 aliphatic rings. The van der Waals surface area contributed by atoms with E-state index in [1.807, 2.05) is 6.07 Å². The first-order chi connectivity index (χ1) is 22.4. The van der Waals surface area contributed by atoms with E-state index in [1.54, 1.807) is 18.2 Å². The van der Waals surface area contributed by atoms with Gasteiger partial charge >= 0.3 is 6.18 Å². The molecule has 2 saturated heterocycles. The first kappa shape index (κ1) is 33.4. The summed E-state index contributed by atoms with van der Waals surface area (Å²) >= 11 is 0. The summed E-state index contributed by atoms with van der Waals surface area (Å²) in [4.78, 5) is 7.35. The number of ether oxygens (including phenoxy) is 2. The number of hydrogen-bond acceptors (Lipinski definition) is 8. The van der Waals surface area contributed by atoms with E-state index in [2.05, 4.69) is 32.4 Å². The molecular formula is C34H42F3N5O4S. The molecule has 254 valence electrons. The van der Waals surface area contributed by atoms with Crippen LogP contribution in [-0.4, -0.2) is 87.3 Å². The zero-order valence-electron chi connectivity index (χ0n) is 26.8. The standard InChI is InChI=1S/C34H42F3N5O4S/c1-45-30-21-26(47(2,43)44)12-13-27(30)38-17-4-7-31-40-32-28(5-3-6-29(32)42(31)22-34(35,36)37)39-24-8-10-25(11-9-24)41-18-14-33(15-19-41)16-20-46-23-33/h3,5-6,12-13,21,24-25,38-39H,8-11,14-20,22-23H2,1-2H3/t24-,25-. The van der Waals surface area contributed by atoms with E-state index in [9.17, 15) is 21.6 Å². The molecular weight excluding hydrogens is 631 g/mol. The van der Waals surface area contributed by atoms with E-state index < -0.39 is 22.6 Å². The number of likely N-dealkylation sites (tertiary alicyclic amines) is 1. The summed E-state index contributed by atoms with van der Waals surface area (Å²) in [6, 6.07) is 10.5. The monoisotopic (exact) mass is 673 g/mol. The Morgan fingerprint density at radius 2 is 1.85 bits per heavy atom. The molecule has 0 amide bonds. The first-order valence-corrected chi connectivity index (χ1v) is 18.1. The van der Waals surface area contributed by atoms with Gasteiger partial charge in [-0.1, -0.05) is 12.0 Å². The molecule has 1 aliphatic carbocycles. The molecule has 1 saturated carbocycles. The average Bonchev–Trinajstić information content (AvgIpc) is 3.63. The number of nitrogens with zero attached hydrogens (tertiary/aromatic N) is 3. The van der Waals surface area contributed by atoms with E-state index in [4.69, 9.17) is 9.47 Å². The van der Waals surface area contributed by atoms with E-state index in [0.29, 0.717) is 39.6 Å². The lowest BCUT2D eigenvalue weighted by atomic mass is 9.77. The topological polar surface area (TPSA) is 97.7 Å². The highest BCUT2D eigenvalue weighted by Gasteiger charge is 2.40. The molecule has 2 N–H and O–H groups in total. The number of imidazole rings is 1. The predicted molar refractivity (Wildman–Crippen MR) is 176 cm³/mol. The number of methoxy groups -OCH3 is 1. The molecule has 0 radical (unpaired) electrons. The molecule has 0 unspecified atom stereocenters. The van der Waals surface area contributed by atoms with Gasteiger partial charge in [-0.05, 0) is 93.6 Å². The summed E-state index contributed by atoms with van der Waals surface area (Å²) in [5.74, 6) is 6.02. The van der Waals surface area contributed by atoms with Crippen LogP contribution in [0.1, 0.15) is 50.8 Å². The van der Waals surface area contributed by atoms with Crippen molar-refractivity contribution in [2.75, 3.05) is 56.8 Å². The van der Waals surface area contributed by atoms with Gasteiger partial charge in [0.05, 0.1) is 42.0 Å². The van der Waals surface area contributed by atoms with Crippen molar-refractivity contribution in [3.05, 3.63) is 42.2 Å². The summed E-state index contributed by atoms with van der Waals surface area (Å²) in [6.07, 6.45) is 4.40. The summed E-state index contributed by atoms with van der Waals surface area (Å²) in [5.41, 5.74) is 2.45. The maximum atomic E-state index is 13.7. The molecule has 1 aromatic heterocycles. The van der Waals surface area contributed by atoms with Gasteiger partial charge in [-0.2, -0.15) is 13.2 Å². The van der Waals surface area contributed by atoms with E-state index in [0.717, 1.165) is 62.8 Å². The van der Waals surface area contributed by atoms with Gasteiger partial charge in [0.25, 0.3) is 0 Å². The average molecular weight is 674 g/mol. The number of anilines is 2. The Balaban J connectivity index is 1.13. The van der Waals surface area contributed by atoms with Crippen molar-refractivity contribution < 1.29 is 31.1 Å². The number of sulfone groups is 1. The number of para-hydroxylation sites is 1. The SMILES string of the molecule is COc1cc(S(C)(=O)=O)ccc1NCC#Cc1nc2c(N[C@H]3CC[C@H](N4CCC5(CCOC5)CC4)CC3)cccc2n1CC(F)(F)F. The number of benzene rings is 2. The minimum Gasteiger partial charge on any atom is -0.495 e. The molecule has 2 aromatic carbocycles. The molecule has 0 bridgehead atoms. The van der Waals surface area contributed by atoms with Gasteiger partial charge < -0.3 is 29.6 Å². The van der Waals surface area contributed by atoms with E-state index in [-0.39, 0.29) is 23.3 Å². The quantitative estimate of drug-likeness (QED) is 0.294. The van der Waals surface area contributed by atoms with Gasteiger partial charge in [-0.25, -0.2) is 13.4 Å². The molecule has 1 spiro atoms. The minimum atomic E-state index is -4.46. The molecule has 2 aliphatic heterocycles. The smallest absolute Gasteiger partial charge is 0.406 e.